The molecule has 39 heavy (non-hydrogen) atoms. The van der Waals surface area contributed by atoms with Gasteiger partial charge in [-0.25, -0.2) is 4.79 Å². The normalized spacial score (nSPS) is 11.6. The second kappa shape index (κ2) is 11.5. The molecular formula is C28H23ClN6O3S. The lowest BCUT2D eigenvalue weighted by molar-refractivity contribution is 0.0683. The van der Waals surface area contributed by atoms with Gasteiger partial charge in [0.1, 0.15) is 5.69 Å². The molecule has 0 saturated heterocycles. The van der Waals surface area contributed by atoms with Crippen LogP contribution in [0.2, 0.25) is 5.02 Å². The van der Waals surface area contributed by atoms with E-state index < -0.39 is 11.9 Å². The van der Waals surface area contributed by atoms with E-state index in [1.165, 1.54) is 11.3 Å². The molecule has 0 radical (unpaired) electrons. The van der Waals surface area contributed by atoms with Crippen LogP contribution in [0.5, 0.6) is 0 Å². The maximum Gasteiger partial charge on any atom is 0.353 e. The van der Waals surface area contributed by atoms with Gasteiger partial charge in [-0.05, 0) is 40.5 Å². The van der Waals surface area contributed by atoms with Gasteiger partial charge in [0.2, 0.25) is 5.82 Å². The highest BCUT2D eigenvalue weighted by atomic mass is 35.5. The summed E-state index contributed by atoms with van der Waals surface area (Å²) in [6, 6.07) is 22.2. The Labute approximate surface area is 232 Å². The van der Waals surface area contributed by atoms with Gasteiger partial charge in [-0.1, -0.05) is 85.6 Å². The van der Waals surface area contributed by atoms with E-state index in [0.29, 0.717) is 26.9 Å². The van der Waals surface area contributed by atoms with Crippen LogP contribution < -0.4 is 4.80 Å². The number of carboxylic acid groups (broad SMARTS) is 1. The number of hydrogen-bond acceptors (Lipinski definition) is 6. The summed E-state index contributed by atoms with van der Waals surface area (Å²) in [7, 11) is 0. The van der Waals surface area contributed by atoms with Gasteiger partial charge < -0.3 is 9.67 Å². The molecule has 0 aliphatic carbocycles. The maximum absolute atomic E-state index is 13.0. The number of tetrazole rings is 1. The summed E-state index contributed by atoms with van der Waals surface area (Å²) in [6.07, 6.45) is 1.32. The largest absolute Gasteiger partial charge is 0.477 e. The van der Waals surface area contributed by atoms with Crippen LogP contribution in [0.3, 0.4) is 0 Å². The van der Waals surface area contributed by atoms with Crippen molar-refractivity contribution in [3.8, 4) is 22.5 Å². The zero-order valence-corrected chi connectivity index (χ0v) is 22.4. The van der Waals surface area contributed by atoms with Crippen molar-refractivity contribution in [3.63, 3.8) is 0 Å². The Morgan fingerprint density at radius 1 is 1.03 bits per heavy atom. The monoisotopic (exact) mass is 558 g/mol. The summed E-state index contributed by atoms with van der Waals surface area (Å²) in [5, 5.41) is 24.7. The van der Waals surface area contributed by atoms with Crippen LogP contribution in [-0.4, -0.2) is 42.2 Å². The molecule has 0 bridgehead atoms. The molecule has 0 aliphatic heterocycles. The number of aromatic amines is 1. The van der Waals surface area contributed by atoms with E-state index in [0.717, 1.165) is 28.7 Å². The number of carbonyl (C=O) groups is 2. The average molecular weight is 559 g/mol. The predicted octanol–water partition coefficient (Wildman–Crippen LogP) is 5.49. The van der Waals surface area contributed by atoms with Crippen molar-refractivity contribution >= 4 is 34.8 Å². The summed E-state index contributed by atoms with van der Waals surface area (Å²) in [5.41, 5.74) is 3.97. The molecule has 2 heterocycles. The number of aryl methyl sites for hydroxylation is 1. The summed E-state index contributed by atoms with van der Waals surface area (Å²) >= 11 is 7.43. The highest BCUT2D eigenvalue weighted by Crippen LogP contribution is 2.30. The number of nitrogens with zero attached hydrogens (tertiary/aromatic N) is 5. The first-order chi connectivity index (χ1) is 19.0. The Kier molecular flexibility index (Phi) is 7.76. The van der Waals surface area contributed by atoms with Crippen LogP contribution >= 0.6 is 22.9 Å². The molecule has 2 N–H and O–H groups in total. The molecule has 11 heteroatoms. The van der Waals surface area contributed by atoms with Gasteiger partial charge in [0.15, 0.2) is 4.80 Å². The topological polar surface area (TPSA) is 126 Å². The molecule has 9 nitrogen and oxygen atoms in total. The Bertz CT molecular complexity index is 1710. The SMILES string of the molecule is CCCc1sc(=NC(=O)c2ccccc2Cl)n(Cc2ccc(-c3ccccc3-c3nn[nH]n3)cc2)c1C(=O)O. The van der Waals surface area contributed by atoms with E-state index in [4.69, 9.17) is 11.6 Å². The van der Waals surface area contributed by atoms with Gasteiger partial charge in [0, 0.05) is 10.4 Å². The fraction of sp³-hybridized carbons (Fsp3) is 0.143. The Balaban J connectivity index is 1.54. The lowest BCUT2D eigenvalue weighted by Gasteiger charge is -2.10. The molecule has 0 unspecified atom stereocenters. The zero-order valence-electron chi connectivity index (χ0n) is 20.8. The van der Waals surface area contributed by atoms with Crippen LogP contribution in [0.25, 0.3) is 22.5 Å². The number of thiazole rings is 1. The number of nitrogens with one attached hydrogen (secondary N) is 1. The molecule has 0 aliphatic rings. The fourth-order valence-electron chi connectivity index (χ4n) is 4.28. The number of amides is 1. The molecule has 0 spiro atoms. The molecule has 0 saturated carbocycles. The van der Waals surface area contributed by atoms with Gasteiger partial charge in [-0.15, -0.1) is 21.5 Å². The first kappa shape index (κ1) is 26.2. The molecule has 3 aromatic carbocycles. The standard InChI is InChI=1S/C28H23ClN6O3S/c1-2-7-23-24(27(37)38)35(28(39-23)30-26(36)21-10-5-6-11-22(21)29)16-17-12-14-18(15-13-17)19-8-3-4-9-20(19)25-31-33-34-32-25/h3-6,8-15H,2,7,16H2,1H3,(H,37,38)(H,31,32,33,34). The number of rotatable bonds is 8. The lowest BCUT2D eigenvalue weighted by Crippen LogP contribution is -2.22. The number of aromatic nitrogens is 5. The number of carbonyl (C=O) groups excluding carboxylic acids is 1. The van der Waals surface area contributed by atoms with Gasteiger partial charge in [0.25, 0.3) is 5.91 Å². The van der Waals surface area contributed by atoms with Gasteiger partial charge >= 0.3 is 5.97 Å². The fourth-order valence-corrected chi connectivity index (χ4v) is 5.71. The van der Waals surface area contributed by atoms with Gasteiger partial charge in [0.05, 0.1) is 17.1 Å². The first-order valence-electron chi connectivity index (χ1n) is 12.2. The number of carboxylic acids is 1. The van der Waals surface area contributed by atoms with Crippen molar-refractivity contribution in [3.05, 3.63) is 104 Å². The van der Waals surface area contributed by atoms with Crippen molar-refractivity contribution in [2.45, 2.75) is 26.3 Å². The molecule has 0 atom stereocenters. The quantitative estimate of drug-likeness (QED) is 0.259. The molecular weight excluding hydrogens is 536 g/mol. The molecule has 5 rings (SSSR count). The van der Waals surface area contributed by atoms with E-state index in [2.05, 4.69) is 25.6 Å². The molecule has 196 valence electrons. The Morgan fingerprint density at radius 2 is 1.74 bits per heavy atom. The van der Waals surface area contributed by atoms with E-state index in [1.54, 1.807) is 28.8 Å². The van der Waals surface area contributed by atoms with Crippen LogP contribution in [0.15, 0.2) is 77.8 Å². The maximum atomic E-state index is 13.0. The average Bonchev–Trinajstić information content (AvgIpc) is 3.58. The number of hydrogen-bond donors (Lipinski definition) is 2. The van der Waals surface area contributed by atoms with E-state index in [-0.39, 0.29) is 17.8 Å². The van der Waals surface area contributed by atoms with E-state index >= 15 is 0 Å². The second-order valence-electron chi connectivity index (χ2n) is 8.67. The lowest BCUT2D eigenvalue weighted by atomic mass is 9.98. The summed E-state index contributed by atoms with van der Waals surface area (Å²) < 4.78 is 1.59. The molecule has 0 fully saturated rings. The van der Waals surface area contributed by atoms with Crippen molar-refractivity contribution in [1.82, 2.24) is 25.2 Å². The molecule has 2 aromatic heterocycles. The third-order valence-corrected chi connectivity index (χ3v) is 7.55. The van der Waals surface area contributed by atoms with Gasteiger partial charge in [-0.3, -0.25) is 4.79 Å². The second-order valence-corrected chi connectivity index (χ2v) is 10.1. The minimum atomic E-state index is -1.06. The summed E-state index contributed by atoms with van der Waals surface area (Å²) in [6.45, 7) is 2.20. The zero-order chi connectivity index (χ0) is 27.4. The van der Waals surface area contributed by atoms with Crippen molar-refractivity contribution in [2.24, 2.45) is 4.99 Å². The molecule has 1 amide bonds. The van der Waals surface area contributed by atoms with Crippen LogP contribution in [0, 0.1) is 0 Å². The van der Waals surface area contributed by atoms with Crippen molar-refractivity contribution in [1.29, 1.82) is 0 Å². The minimum Gasteiger partial charge on any atom is -0.477 e. The Morgan fingerprint density at radius 3 is 2.41 bits per heavy atom. The minimum absolute atomic E-state index is 0.138. The Hall–Kier alpha value is -4.41. The van der Waals surface area contributed by atoms with Crippen molar-refractivity contribution in [2.75, 3.05) is 0 Å². The number of aromatic carboxylic acids is 1. The number of H-pyrrole nitrogens is 1. The van der Waals surface area contributed by atoms with E-state index in [1.807, 2.05) is 55.5 Å². The van der Waals surface area contributed by atoms with Crippen LogP contribution in [0.4, 0.5) is 0 Å². The summed E-state index contributed by atoms with van der Waals surface area (Å²) in [4.78, 5) is 30.6. The first-order valence-corrected chi connectivity index (χ1v) is 13.4. The predicted molar refractivity (Wildman–Crippen MR) is 149 cm³/mol. The van der Waals surface area contributed by atoms with Crippen molar-refractivity contribution < 1.29 is 14.7 Å². The number of benzene rings is 3. The third-order valence-electron chi connectivity index (χ3n) is 6.08. The smallest absolute Gasteiger partial charge is 0.353 e. The number of halogens is 1. The third kappa shape index (κ3) is 5.57. The van der Waals surface area contributed by atoms with E-state index in [9.17, 15) is 14.7 Å². The summed E-state index contributed by atoms with van der Waals surface area (Å²) in [5.74, 6) is -1.09. The molecule has 5 aromatic rings. The van der Waals surface area contributed by atoms with Gasteiger partial charge in [-0.2, -0.15) is 10.2 Å². The van der Waals surface area contributed by atoms with Crippen LogP contribution in [-0.2, 0) is 13.0 Å². The van der Waals surface area contributed by atoms with Crippen LogP contribution in [0.1, 0.15) is 44.6 Å². The highest BCUT2D eigenvalue weighted by molar-refractivity contribution is 7.09. The highest BCUT2D eigenvalue weighted by Gasteiger charge is 2.21.